The van der Waals surface area contributed by atoms with E-state index < -0.39 is 0 Å². The minimum Gasteiger partial charge on any atom is -0.372 e. The van der Waals surface area contributed by atoms with Gasteiger partial charge in [0.2, 0.25) is 0 Å². The van der Waals surface area contributed by atoms with Crippen LogP contribution >= 0.6 is 0 Å². The number of benzene rings is 1. The Morgan fingerprint density at radius 1 is 1.37 bits per heavy atom. The van der Waals surface area contributed by atoms with Crippen LogP contribution in [0.15, 0.2) is 18.2 Å². The lowest BCUT2D eigenvalue weighted by molar-refractivity contribution is 0.346. The Labute approximate surface area is 115 Å². The van der Waals surface area contributed by atoms with Gasteiger partial charge in [0.15, 0.2) is 0 Å². The van der Waals surface area contributed by atoms with Gasteiger partial charge >= 0.3 is 0 Å². The molecule has 1 fully saturated rings. The Morgan fingerprint density at radius 2 is 2.11 bits per heavy atom. The third kappa shape index (κ3) is 3.46. The molecule has 0 aliphatic carbocycles. The van der Waals surface area contributed by atoms with E-state index in [0.717, 1.165) is 24.3 Å². The van der Waals surface area contributed by atoms with E-state index in [2.05, 4.69) is 15.9 Å². The summed E-state index contributed by atoms with van der Waals surface area (Å²) >= 11 is 0. The van der Waals surface area contributed by atoms with E-state index >= 15 is 0 Å². The first kappa shape index (κ1) is 13.9. The van der Waals surface area contributed by atoms with Crippen molar-refractivity contribution < 1.29 is 0 Å². The molecule has 0 amide bonds. The van der Waals surface area contributed by atoms with Crippen LogP contribution in [0.5, 0.6) is 0 Å². The lowest BCUT2D eigenvalue weighted by Gasteiger charge is -2.24. The SMILES string of the molecule is CN(CCN1CCCC1)c1ccc(CN)cc1C#N. The van der Waals surface area contributed by atoms with Crippen LogP contribution < -0.4 is 10.6 Å². The Balaban J connectivity index is 2.01. The van der Waals surface area contributed by atoms with Gasteiger partial charge in [0, 0.05) is 26.7 Å². The number of nitrogens with two attached hydrogens (primary N) is 1. The van der Waals surface area contributed by atoms with Crippen LogP contribution in [-0.4, -0.2) is 38.1 Å². The molecule has 2 N–H and O–H groups in total. The van der Waals surface area contributed by atoms with Gasteiger partial charge in [-0.25, -0.2) is 0 Å². The highest BCUT2D eigenvalue weighted by Crippen LogP contribution is 2.20. The molecule has 0 spiro atoms. The summed E-state index contributed by atoms with van der Waals surface area (Å²) in [5.74, 6) is 0. The topological polar surface area (TPSA) is 56.3 Å². The summed E-state index contributed by atoms with van der Waals surface area (Å²) < 4.78 is 0. The zero-order valence-electron chi connectivity index (χ0n) is 11.6. The highest BCUT2D eigenvalue weighted by Gasteiger charge is 2.13. The molecule has 2 rings (SSSR count). The van der Waals surface area contributed by atoms with Gasteiger partial charge in [-0.2, -0.15) is 5.26 Å². The fourth-order valence-corrected chi connectivity index (χ4v) is 2.55. The Bertz CT molecular complexity index is 458. The molecule has 0 saturated carbocycles. The van der Waals surface area contributed by atoms with E-state index in [1.165, 1.54) is 25.9 Å². The van der Waals surface area contributed by atoms with Crippen LogP contribution in [0.2, 0.25) is 0 Å². The third-order valence-corrected chi connectivity index (χ3v) is 3.78. The van der Waals surface area contributed by atoms with Crippen molar-refractivity contribution in [2.45, 2.75) is 19.4 Å². The van der Waals surface area contributed by atoms with Crippen molar-refractivity contribution >= 4 is 5.69 Å². The average Bonchev–Trinajstić information content (AvgIpc) is 2.97. The maximum atomic E-state index is 9.24. The molecule has 0 atom stereocenters. The minimum absolute atomic E-state index is 0.479. The number of nitrogens with zero attached hydrogens (tertiary/aromatic N) is 3. The van der Waals surface area contributed by atoms with Crippen LogP contribution in [0.1, 0.15) is 24.0 Å². The molecule has 4 nitrogen and oxygen atoms in total. The summed E-state index contributed by atoms with van der Waals surface area (Å²) in [4.78, 5) is 4.65. The summed E-state index contributed by atoms with van der Waals surface area (Å²) in [5, 5.41) is 9.24. The Hall–Kier alpha value is -1.57. The number of anilines is 1. The Morgan fingerprint density at radius 3 is 2.74 bits per heavy atom. The molecule has 1 aliphatic heterocycles. The van der Waals surface area contributed by atoms with Crippen molar-refractivity contribution in [2.24, 2.45) is 5.73 Å². The second-order valence-corrected chi connectivity index (χ2v) is 5.14. The maximum absolute atomic E-state index is 9.24. The number of hydrogen-bond donors (Lipinski definition) is 1. The summed E-state index contributed by atoms with van der Waals surface area (Å²) in [6.45, 7) is 4.93. The van der Waals surface area contributed by atoms with Crippen LogP contribution in [-0.2, 0) is 6.54 Å². The number of likely N-dealkylation sites (N-methyl/N-ethyl adjacent to an activating group) is 1. The van der Waals surface area contributed by atoms with Gasteiger partial charge in [0.25, 0.3) is 0 Å². The predicted molar refractivity (Wildman–Crippen MR) is 78.0 cm³/mol. The van der Waals surface area contributed by atoms with Crippen LogP contribution in [0, 0.1) is 11.3 Å². The van der Waals surface area contributed by atoms with Gasteiger partial charge in [-0.3, -0.25) is 0 Å². The van der Waals surface area contributed by atoms with Gasteiger partial charge in [-0.15, -0.1) is 0 Å². The molecule has 4 heteroatoms. The lowest BCUT2D eigenvalue weighted by atomic mass is 10.1. The van der Waals surface area contributed by atoms with E-state index in [-0.39, 0.29) is 0 Å². The minimum atomic E-state index is 0.479. The summed E-state index contributed by atoms with van der Waals surface area (Å²) in [7, 11) is 2.05. The maximum Gasteiger partial charge on any atom is 0.101 e. The number of hydrogen-bond acceptors (Lipinski definition) is 4. The number of rotatable bonds is 5. The van der Waals surface area contributed by atoms with Crippen LogP contribution in [0.4, 0.5) is 5.69 Å². The van der Waals surface area contributed by atoms with E-state index in [9.17, 15) is 5.26 Å². The number of nitriles is 1. The molecule has 0 aromatic heterocycles. The van der Waals surface area contributed by atoms with Gasteiger partial charge in [-0.05, 0) is 43.6 Å². The highest BCUT2D eigenvalue weighted by molar-refractivity contribution is 5.60. The molecule has 1 saturated heterocycles. The normalized spacial score (nSPS) is 15.4. The second-order valence-electron chi connectivity index (χ2n) is 5.14. The van der Waals surface area contributed by atoms with Crippen LogP contribution in [0.25, 0.3) is 0 Å². The fraction of sp³-hybridized carbons (Fsp3) is 0.533. The average molecular weight is 258 g/mol. The smallest absolute Gasteiger partial charge is 0.101 e. The van der Waals surface area contributed by atoms with Crippen molar-refractivity contribution in [1.29, 1.82) is 5.26 Å². The second kappa shape index (κ2) is 6.55. The molecule has 1 aromatic carbocycles. The molecule has 0 radical (unpaired) electrons. The van der Waals surface area contributed by atoms with E-state index in [1.54, 1.807) is 0 Å². The largest absolute Gasteiger partial charge is 0.372 e. The van der Waals surface area contributed by atoms with Crippen molar-refractivity contribution in [1.82, 2.24) is 4.90 Å². The van der Waals surface area contributed by atoms with Crippen molar-refractivity contribution in [3.05, 3.63) is 29.3 Å². The first-order valence-corrected chi connectivity index (χ1v) is 6.91. The molecule has 0 unspecified atom stereocenters. The molecule has 0 bridgehead atoms. The first-order valence-electron chi connectivity index (χ1n) is 6.91. The molecule has 1 aliphatic rings. The highest BCUT2D eigenvalue weighted by atomic mass is 15.2. The lowest BCUT2D eigenvalue weighted by Crippen LogP contribution is -2.31. The van der Waals surface area contributed by atoms with E-state index in [0.29, 0.717) is 12.1 Å². The van der Waals surface area contributed by atoms with Crippen molar-refractivity contribution in [3.8, 4) is 6.07 Å². The van der Waals surface area contributed by atoms with E-state index in [1.807, 2.05) is 25.2 Å². The van der Waals surface area contributed by atoms with Crippen molar-refractivity contribution in [2.75, 3.05) is 38.1 Å². The zero-order chi connectivity index (χ0) is 13.7. The monoisotopic (exact) mass is 258 g/mol. The van der Waals surface area contributed by atoms with Gasteiger partial charge in [0.05, 0.1) is 11.3 Å². The van der Waals surface area contributed by atoms with Crippen LogP contribution in [0.3, 0.4) is 0 Å². The van der Waals surface area contributed by atoms with Crippen molar-refractivity contribution in [3.63, 3.8) is 0 Å². The molecule has 1 aromatic rings. The summed E-state index contributed by atoms with van der Waals surface area (Å²) in [5.41, 5.74) is 8.33. The quantitative estimate of drug-likeness (QED) is 0.870. The molecule has 19 heavy (non-hydrogen) atoms. The third-order valence-electron chi connectivity index (χ3n) is 3.78. The fourth-order valence-electron chi connectivity index (χ4n) is 2.55. The molecular weight excluding hydrogens is 236 g/mol. The molecular formula is C15H22N4. The van der Waals surface area contributed by atoms with E-state index in [4.69, 9.17) is 5.73 Å². The van der Waals surface area contributed by atoms with Gasteiger partial charge in [-0.1, -0.05) is 6.07 Å². The zero-order valence-corrected chi connectivity index (χ0v) is 11.6. The molecule has 102 valence electrons. The summed E-state index contributed by atoms with van der Waals surface area (Å²) in [6, 6.07) is 8.17. The molecule has 1 heterocycles. The Kier molecular flexibility index (Phi) is 4.78. The van der Waals surface area contributed by atoms with Gasteiger partial charge in [0.1, 0.15) is 6.07 Å². The predicted octanol–water partition coefficient (Wildman–Crippen LogP) is 1.55. The standard InChI is InChI=1S/C15H22N4/c1-18(8-9-19-6-2-3-7-19)15-5-4-13(11-16)10-14(15)12-17/h4-5,10H,2-3,6-9,11,16H2,1H3. The number of likely N-dealkylation sites (tertiary alicyclic amines) is 1. The van der Waals surface area contributed by atoms with Gasteiger partial charge < -0.3 is 15.5 Å². The summed E-state index contributed by atoms with van der Waals surface area (Å²) in [6.07, 6.45) is 2.64. The first-order chi connectivity index (χ1) is 9.24.